The molecule has 0 radical (unpaired) electrons. The topological polar surface area (TPSA) is 89.0 Å². The normalized spacial score (nSPS) is 10.1. The van der Waals surface area contributed by atoms with Crippen LogP contribution >= 0.6 is 0 Å². The standard InChI is InChI=1S/C10H9F2N3O2/c1-2-17-10(16)5-4-15-6(3-13)8(14)7(5)9(11)12/h4,9H,2,14H2,1H3. The van der Waals surface area contributed by atoms with Crippen LogP contribution in [0.2, 0.25) is 0 Å². The van der Waals surface area contributed by atoms with Gasteiger partial charge in [0.15, 0.2) is 5.69 Å². The number of ether oxygens (including phenoxy) is 1. The molecule has 0 atom stereocenters. The predicted molar refractivity (Wildman–Crippen MR) is 54.3 cm³/mol. The monoisotopic (exact) mass is 241 g/mol. The highest BCUT2D eigenvalue weighted by Crippen LogP contribution is 2.30. The largest absolute Gasteiger partial charge is 0.462 e. The van der Waals surface area contributed by atoms with Crippen molar-refractivity contribution in [3.05, 3.63) is 23.0 Å². The number of nitrogens with zero attached hydrogens (tertiary/aromatic N) is 2. The lowest BCUT2D eigenvalue weighted by atomic mass is 10.1. The van der Waals surface area contributed by atoms with Gasteiger partial charge in [-0.2, -0.15) is 5.26 Å². The van der Waals surface area contributed by atoms with Crippen LogP contribution < -0.4 is 5.73 Å². The van der Waals surface area contributed by atoms with E-state index in [1.54, 1.807) is 13.0 Å². The molecule has 1 heterocycles. The maximum atomic E-state index is 12.8. The van der Waals surface area contributed by atoms with Crippen LogP contribution in [-0.4, -0.2) is 17.6 Å². The summed E-state index contributed by atoms with van der Waals surface area (Å²) in [4.78, 5) is 14.9. The van der Waals surface area contributed by atoms with Crippen LogP contribution in [0.15, 0.2) is 6.20 Å². The minimum atomic E-state index is -2.98. The number of halogens is 2. The van der Waals surface area contributed by atoms with E-state index in [1.807, 2.05) is 0 Å². The molecule has 1 aromatic rings. The van der Waals surface area contributed by atoms with Crippen molar-refractivity contribution in [2.45, 2.75) is 13.3 Å². The lowest BCUT2D eigenvalue weighted by Gasteiger charge is -2.10. The molecule has 0 aliphatic carbocycles. The molecule has 2 N–H and O–H groups in total. The van der Waals surface area contributed by atoms with Gasteiger partial charge in [-0.1, -0.05) is 0 Å². The van der Waals surface area contributed by atoms with Gasteiger partial charge in [0.25, 0.3) is 6.43 Å². The Hall–Kier alpha value is -2.23. The van der Waals surface area contributed by atoms with E-state index in [1.165, 1.54) is 0 Å². The maximum Gasteiger partial charge on any atom is 0.340 e. The van der Waals surface area contributed by atoms with Gasteiger partial charge in [0, 0.05) is 6.20 Å². The first kappa shape index (κ1) is 12.8. The summed E-state index contributed by atoms with van der Waals surface area (Å²) in [6.45, 7) is 1.59. The van der Waals surface area contributed by atoms with Crippen molar-refractivity contribution in [2.75, 3.05) is 12.3 Å². The summed E-state index contributed by atoms with van der Waals surface area (Å²) in [5.74, 6) is -0.938. The number of carbonyl (C=O) groups excluding carboxylic acids is 1. The van der Waals surface area contributed by atoms with Gasteiger partial charge in [-0.25, -0.2) is 18.6 Å². The number of aromatic nitrogens is 1. The van der Waals surface area contributed by atoms with Crippen molar-refractivity contribution < 1.29 is 18.3 Å². The number of pyridine rings is 1. The molecule has 7 heteroatoms. The van der Waals surface area contributed by atoms with Crippen LogP contribution in [0.25, 0.3) is 0 Å². The minimum absolute atomic E-state index is 0.0431. The molecule has 0 aromatic carbocycles. The van der Waals surface area contributed by atoms with E-state index in [0.29, 0.717) is 0 Å². The number of nitrogens with two attached hydrogens (primary N) is 1. The van der Waals surface area contributed by atoms with Gasteiger partial charge in [-0.05, 0) is 6.92 Å². The van der Waals surface area contributed by atoms with E-state index in [4.69, 9.17) is 11.0 Å². The first-order chi connectivity index (χ1) is 8.02. The van der Waals surface area contributed by atoms with Gasteiger partial charge in [0.1, 0.15) is 6.07 Å². The third-order valence-electron chi connectivity index (χ3n) is 1.98. The number of esters is 1. The Morgan fingerprint density at radius 1 is 1.71 bits per heavy atom. The van der Waals surface area contributed by atoms with E-state index < -0.39 is 29.2 Å². The number of alkyl halides is 2. The zero-order chi connectivity index (χ0) is 13.0. The molecule has 0 spiro atoms. The molecular formula is C10H9F2N3O2. The molecule has 90 valence electrons. The Labute approximate surface area is 95.8 Å². The van der Waals surface area contributed by atoms with Crippen molar-refractivity contribution in [1.82, 2.24) is 4.98 Å². The van der Waals surface area contributed by atoms with Gasteiger partial charge in [0.2, 0.25) is 0 Å². The van der Waals surface area contributed by atoms with Crippen molar-refractivity contribution in [3.63, 3.8) is 0 Å². The molecule has 0 aliphatic heterocycles. The third kappa shape index (κ3) is 2.47. The third-order valence-corrected chi connectivity index (χ3v) is 1.98. The number of nitriles is 1. The zero-order valence-electron chi connectivity index (χ0n) is 8.91. The van der Waals surface area contributed by atoms with E-state index in [0.717, 1.165) is 6.20 Å². The molecule has 1 aromatic heterocycles. The first-order valence-electron chi connectivity index (χ1n) is 4.66. The van der Waals surface area contributed by atoms with Crippen LogP contribution in [-0.2, 0) is 4.74 Å². The van der Waals surface area contributed by atoms with E-state index in [-0.39, 0.29) is 12.3 Å². The fourth-order valence-corrected chi connectivity index (χ4v) is 1.24. The van der Waals surface area contributed by atoms with Crippen molar-refractivity contribution in [1.29, 1.82) is 5.26 Å². The lowest BCUT2D eigenvalue weighted by Crippen LogP contribution is -2.12. The van der Waals surface area contributed by atoms with Crippen LogP contribution in [0.4, 0.5) is 14.5 Å². The predicted octanol–water partition coefficient (Wildman–Crippen LogP) is 1.65. The Bertz CT molecular complexity index is 483. The highest BCUT2D eigenvalue weighted by atomic mass is 19.3. The lowest BCUT2D eigenvalue weighted by molar-refractivity contribution is 0.0515. The fraction of sp³-hybridized carbons (Fsp3) is 0.300. The van der Waals surface area contributed by atoms with Crippen LogP contribution in [0.1, 0.15) is 35.0 Å². The second-order valence-corrected chi connectivity index (χ2v) is 2.98. The number of anilines is 1. The average molecular weight is 241 g/mol. The summed E-state index contributed by atoms with van der Waals surface area (Å²) in [7, 11) is 0. The van der Waals surface area contributed by atoms with Crippen LogP contribution in [0.3, 0.4) is 0 Å². The highest BCUT2D eigenvalue weighted by Gasteiger charge is 2.25. The summed E-state index contributed by atoms with van der Waals surface area (Å²) in [6.07, 6.45) is -2.11. The molecule has 0 amide bonds. The Morgan fingerprint density at radius 2 is 2.35 bits per heavy atom. The van der Waals surface area contributed by atoms with E-state index >= 15 is 0 Å². The van der Waals surface area contributed by atoms with Gasteiger partial charge < -0.3 is 10.5 Å². The van der Waals surface area contributed by atoms with Crippen LogP contribution in [0, 0.1) is 11.3 Å². The summed E-state index contributed by atoms with van der Waals surface area (Å²) < 4.78 is 30.2. The van der Waals surface area contributed by atoms with Gasteiger partial charge in [0.05, 0.1) is 23.4 Å². The first-order valence-corrected chi connectivity index (χ1v) is 4.66. The smallest absolute Gasteiger partial charge is 0.340 e. The summed E-state index contributed by atoms with van der Waals surface area (Å²) in [5.41, 5.74) is 3.39. The molecule has 0 bridgehead atoms. The Balaban J connectivity index is 3.37. The number of carbonyl (C=O) groups is 1. The molecule has 0 saturated heterocycles. The average Bonchev–Trinajstić information content (AvgIpc) is 2.28. The van der Waals surface area contributed by atoms with Crippen molar-refractivity contribution >= 4 is 11.7 Å². The molecule has 1 rings (SSSR count). The Morgan fingerprint density at radius 3 is 2.82 bits per heavy atom. The molecule has 0 saturated carbocycles. The van der Waals surface area contributed by atoms with E-state index in [2.05, 4.69) is 9.72 Å². The van der Waals surface area contributed by atoms with Crippen molar-refractivity contribution in [2.24, 2.45) is 0 Å². The molecular weight excluding hydrogens is 232 g/mol. The van der Waals surface area contributed by atoms with Gasteiger partial charge in [-0.3, -0.25) is 0 Å². The summed E-state index contributed by atoms with van der Waals surface area (Å²) in [6, 6.07) is 1.57. The minimum Gasteiger partial charge on any atom is -0.462 e. The summed E-state index contributed by atoms with van der Waals surface area (Å²) in [5, 5.41) is 8.60. The van der Waals surface area contributed by atoms with Gasteiger partial charge >= 0.3 is 5.97 Å². The second kappa shape index (κ2) is 5.21. The van der Waals surface area contributed by atoms with Crippen molar-refractivity contribution in [3.8, 4) is 6.07 Å². The molecule has 17 heavy (non-hydrogen) atoms. The second-order valence-electron chi connectivity index (χ2n) is 2.98. The SMILES string of the molecule is CCOC(=O)c1cnc(C#N)c(N)c1C(F)F. The van der Waals surface area contributed by atoms with E-state index in [9.17, 15) is 13.6 Å². The maximum absolute atomic E-state index is 12.8. The van der Waals surface area contributed by atoms with Crippen LogP contribution in [0.5, 0.6) is 0 Å². The van der Waals surface area contributed by atoms with Gasteiger partial charge in [-0.15, -0.1) is 0 Å². The molecule has 0 fully saturated rings. The highest BCUT2D eigenvalue weighted by molar-refractivity contribution is 5.92. The molecule has 0 unspecified atom stereocenters. The quantitative estimate of drug-likeness (QED) is 0.812. The summed E-state index contributed by atoms with van der Waals surface area (Å²) >= 11 is 0. The number of hydrogen-bond acceptors (Lipinski definition) is 5. The zero-order valence-corrected chi connectivity index (χ0v) is 8.91. The number of rotatable bonds is 3. The number of nitrogen functional groups attached to an aromatic ring is 1. The molecule has 5 nitrogen and oxygen atoms in total. The molecule has 0 aliphatic rings. The number of hydrogen-bond donors (Lipinski definition) is 1. The fourth-order valence-electron chi connectivity index (χ4n) is 1.24. The Kier molecular flexibility index (Phi) is 3.93.